The standard InChI is InChI=1S/C44H78NO9P/c1-3-5-7-9-11-13-15-17-19-20-21-22-23-24-26-28-30-32-34-36-43(46)54-41(39-52-55(49,50)53-40-42(45)44(47)48)38-51-37-35-33-31-29-27-25-18-16-14-12-10-8-6-4-2/h6,8,11-14,17-19,25,41-42H,3-5,7,9-10,15-16,20-24,26-40,45H2,1-2H3,(H,47,48)(H,49,50)/b8-6-,13-11-,14-12-,19-17-,25-18-. The molecule has 0 amide bonds. The normalized spacial score (nSPS) is 14.5. The summed E-state index contributed by atoms with van der Waals surface area (Å²) in [5, 5.41) is 8.89. The minimum Gasteiger partial charge on any atom is -0.480 e. The molecule has 0 aromatic carbocycles. The molecule has 0 aromatic rings. The van der Waals surface area contributed by atoms with Gasteiger partial charge in [0.15, 0.2) is 0 Å². The fourth-order valence-electron chi connectivity index (χ4n) is 5.47. The molecule has 0 saturated carbocycles. The molecule has 0 heterocycles. The highest BCUT2D eigenvalue weighted by molar-refractivity contribution is 7.47. The Labute approximate surface area is 334 Å². The van der Waals surface area contributed by atoms with E-state index in [-0.39, 0.29) is 13.0 Å². The Hall–Kier alpha value is -2.33. The molecule has 0 aliphatic rings. The van der Waals surface area contributed by atoms with Crippen molar-refractivity contribution in [2.75, 3.05) is 26.4 Å². The van der Waals surface area contributed by atoms with Crippen molar-refractivity contribution in [3.05, 3.63) is 60.8 Å². The number of nitrogens with two attached hydrogens (primary N) is 1. The first-order chi connectivity index (χ1) is 26.7. The number of ether oxygens (including phenoxy) is 2. The van der Waals surface area contributed by atoms with Gasteiger partial charge in [0.1, 0.15) is 12.1 Å². The van der Waals surface area contributed by atoms with Crippen molar-refractivity contribution in [2.45, 2.75) is 180 Å². The summed E-state index contributed by atoms with van der Waals surface area (Å²) in [7, 11) is -4.62. The van der Waals surface area contributed by atoms with E-state index in [4.69, 9.17) is 29.4 Å². The Kier molecular flexibility index (Phi) is 38.2. The lowest BCUT2D eigenvalue weighted by atomic mass is 10.1. The van der Waals surface area contributed by atoms with E-state index in [1.807, 2.05) is 0 Å². The highest BCUT2D eigenvalue weighted by Crippen LogP contribution is 2.43. The van der Waals surface area contributed by atoms with Crippen LogP contribution in [0.2, 0.25) is 0 Å². The second kappa shape index (κ2) is 39.9. The molecule has 0 saturated heterocycles. The predicted molar refractivity (Wildman–Crippen MR) is 226 cm³/mol. The molecule has 11 heteroatoms. The van der Waals surface area contributed by atoms with Crippen molar-refractivity contribution in [2.24, 2.45) is 5.73 Å². The van der Waals surface area contributed by atoms with Crippen LogP contribution in [0, 0.1) is 0 Å². The molecule has 0 radical (unpaired) electrons. The average Bonchev–Trinajstić information content (AvgIpc) is 3.16. The first-order valence-electron chi connectivity index (χ1n) is 21.3. The largest absolute Gasteiger partial charge is 0.480 e. The van der Waals surface area contributed by atoms with E-state index >= 15 is 0 Å². The van der Waals surface area contributed by atoms with Crippen LogP contribution in [0.25, 0.3) is 0 Å². The topological polar surface area (TPSA) is 155 Å². The fourth-order valence-corrected chi connectivity index (χ4v) is 6.25. The van der Waals surface area contributed by atoms with Gasteiger partial charge in [0.25, 0.3) is 0 Å². The first kappa shape index (κ1) is 52.7. The lowest BCUT2D eigenvalue weighted by Gasteiger charge is -2.20. The third-order valence-corrected chi connectivity index (χ3v) is 9.73. The number of hydrogen-bond donors (Lipinski definition) is 3. The average molecular weight is 796 g/mol. The predicted octanol–water partition coefficient (Wildman–Crippen LogP) is 11.6. The monoisotopic (exact) mass is 796 g/mol. The molecular weight excluding hydrogens is 717 g/mol. The number of unbranched alkanes of at least 4 members (excludes halogenated alkanes) is 16. The summed E-state index contributed by atoms with van der Waals surface area (Å²) < 4.78 is 33.3. The van der Waals surface area contributed by atoms with E-state index in [1.54, 1.807) is 0 Å². The Morgan fingerprint density at radius 1 is 0.600 bits per heavy atom. The van der Waals surface area contributed by atoms with Crippen LogP contribution in [0.4, 0.5) is 0 Å². The smallest absolute Gasteiger partial charge is 0.472 e. The first-order valence-corrected chi connectivity index (χ1v) is 22.8. The summed E-state index contributed by atoms with van der Waals surface area (Å²) in [5.74, 6) is -1.80. The SMILES string of the molecule is CC/C=C\C/C=C\C/C=C\CCCCCCOCC(COP(=O)(O)OCC(N)C(=O)O)OC(=O)CCCCCCCCCCC/C=C\C/C=C\CCCCC. The van der Waals surface area contributed by atoms with Gasteiger partial charge < -0.3 is 25.2 Å². The molecule has 0 aromatic heterocycles. The lowest BCUT2D eigenvalue weighted by molar-refractivity contribution is -0.154. The zero-order valence-corrected chi connectivity index (χ0v) is 35.4. The second-order valence-electron chi connectivity index (χ2n) is 14.1. The van der Waals surface area contributed by atoms with Gasteiger partial charge in [-0.2, -0.15) is 0 Å². The quantitative estimate of drug-likeness (QED) is 0.0236. The van der Waals surface area contributed by atoms with Crippen LogP contribution in [-0.4, -0.2) is 60.5 Å². The lowest BCUT2D eigenvalue weighted by Crippen LogP contribution is -2.34. The third-order valence-electron chi connectivity index (χ3n) is 8.78. The van der Waals surface area contributed by atoms with E-state index < -0.39 is 45.1 Å². The van der Waals surface area contributed by atoms with Gasteiger partial charge >= 0.3 is 19.8 Å². The van der Waals surface area contributed by atoms with Crippen molar-refractivity contribution in [1.82, 2.24) is 0 Å². The van der Waals surface area contributed by atoms with Crippen LogP contribution in [0.5, 0.6) is 0 Å². The number of phosphoric ester groups is 1. The van der Waals surface area contributed by atoms with Crippen molar-refractivity contribution in [3.8, 4) is 0 Å². The van der Waals surface area contributed by atoms with Gasteiger partial charge in [-0.25, -0.2) is 4.57 Å². The Morgan fingerprint density at radius 2 is 1.05 bits per heavy atom. The van der Waals surface area contributed by atoms with Gasteiger partial charge in [0, 0.05) is 13.0 Å². The molecule has 0 bridgehead atoms. The Bertz CT molecular complexity index is 1100. The van der Waals surface area contributed by atoms with Gasteiger partial charge in [0.05, 0.1) is 19.8 Å². The second-order valence-corrected chi connectivity index (χ2v) is 15.5. The molecule has 318 valence electrons. The number of aliphatic carboxylic acids is 1. The van der Waals surface area contributed by atoms with Gasteiger partial charge in [-0.15, -0.1) is 0 Å². The highest BCUT2D eigenvalue weighted by Gasteiger charge is 2.27. The van der Waals surface area contributed by atoms with Crippen LogP contribution < -0.4 is 5.73 Å². The minimum absolute atomic E-state index is 0.00229. The third kappa shape index (κ3) is 39.7. The number of carbonyl (C=O) groups is 2. The Morgan fingerprint density at radius 3 is 1.58 bits per heavy atom. The molecule has 0 rings (SSSR count). The molecule has 55 heavy (non-hydrogen) atoms. The minimum atomic E-state index is -4.62. The zero-order valence-electron chi connectivity index (χ0n) is 34.5. The van der Waals surface area contributed by atoms with Crippen molar-refractivity contribution >= 4 is 19.8 Å². The summed E-state index contributed by atoms with van der Waals surface area (Å²) in [5.41, 5.74) is 5.35. The zero-order chi connectivity index (χ0) is 40.5. The number of carbonyl (C=O) groups excluding carboxylic acids is 1. The maximum Gasteiger partial charge on any atom is 0.472 e. The molecule has 3 unspecified atom stereocenters. The maximum atomic E-state index is 12.6. The molecule has 0 aliphatic heterocycles. The number of esters is 1. The summed E-state index contributed by atoms with van der Waals surface area (Å²) in [6.45, 7) is 3.67. The number of hydrogen-bond acceptors (Lipinski definition) is 8. The van der Waals surface area contributed by atoms with E-state index in [9.17, 15) is 19.0 Å². The fraction of sp³-hybridized carbons (Fsp3) is 0.727. The van der Waals surface area contributed by atoms with Crippen molar-refractivity contribution < 1.29 is 42.7 Å². The molecule has 0 aliphatic carbocycles. The summed E-state index contributed by atoms with van der Waals surface area (Å²) in [4.78, 5) is 33.5. The Balaban J connectivity index is 4.28. The molecule has 3 atom stereocenters. The molecule has 10 nitrogen and oxygen atoms in total. The van der Waals surface area contributed by atoms with Crippen LogP contribution in [0.3, 0.4) is 0 Å². The number of phosphoric acid groups is 1. The molecule has 4 N–H and O–H groups in total. The van der Waals surface area contributed by atoms with Gasteiger partial charge in [-0.05, 0) is 77.0 Å². The maximum absolute atomic E-state index is 12.6. The van der Waals surface area contributed by atoms with E-state index in [0.717, 1.165) is 83.5 Å². The van der Waals surface area contributed by atoms with Gasteiger partial charge in [-0.3, -0.25) is 18.6 Å². The van der Waals surface area contributed by atoms with E-state index in [0.29, 0.717) is 13.0 Å². The number of rotatable bonds is 40. The van der Waals surface area contributed by atoms with Crippen molar-refractivity contribution in [1.29, 1.82) is 0 Å². The summed E-state index contributed by atoms with van der Waals surface area (Å²) in [6, 6.07) is -1.48. The van der Waals surface area contributed by atoms with Gasteiger partial charge in [0.2, 0.25) is 0 Å². The number of carboxylic acids is 1. The van der Waals surface area contributed by atoms with Crippen LogP contribution in [0.15, 0.2) is 60.8 Å². The molecular formula is C44H78NO9P. The highest BCUT2D eigenvalue weighted by atomic mass is 31.2. The summed E-state index contributed by atoms with van der Waals surface area (Å²) in [6.07, 6.45) is 47.0. The number of carboxylic acid groups (broad SMARTS) is 1. The molecule has 0 spiro atoms. The van der Waals surface area contributed by atoms with E-state index in [2.05, 4.69) is 74.6 Å². The van der Waals surface area contributed by atoms with Crippen LogP contribution >= 0.6 is 7.82 Å². The summed E-state index contributed by atoms with van der Waals surface area (Å²) >= 11 is 0. The van der Waals surface area contributed by atoms with Crippen LogP contribution in [-0.2, 0) is 32.7 Å². The van der Waals surface area contributed by atoms with Gasteiger partial charge in [-0.1, -0.05) is 145 Å². The van der Waals surface area contributed by atoms with E-state index in [1.165, 1.54) is 57.8 Å². The van der Waals surface area contributed by atoms with Crippen LogP contribution in [0.1, 0.15) is 168 Å². The number of allylic oxidation sites excluding steroid dienone is 10. The van der Waals surface area contributed by atoms with Crippen molar-refractivity contribution in [3.63, 3.8) is 0 Å². The molecule has 0 fully saturated rings.